The maximum Gasteiger partial charge on any atom is 0.221 e. The van der Waals surface area contributed by atoms with Crippen LogP contribution in [0.3, 0.4) is 0 Å². The molecule has 0 aromatic heterocycles. The molecular formula is C16H24N2O3. The maximum absolute atomic E-state index is 11.2. The predicted molar refractivity (Wildman–Crippen MR) is 81.8 cm³/mol. The Morgan fingerprint density at radius 3 is 3.00 bits per heavy atom. The topological polar surface area (TPSA) is 59.6 Å². The van der Waals surface area contributed by atoms with Gasteiger partial charge in [-0.15, -0.1) is 0 Å². The first-order chi connectivity index (χ1) is 10.1. The van der Waals surface area contributed by atoms with Crippen LogP contribution in [0.15, 0.2) is 12.1 Å². The van der Waals surface area contributed by atoms with Crippen LogP contribution in [0.1, 0.15) is 31.4 Å². The molecular weight excluding hydrogens is 268 g/mol. The normalized spacial score (nSPS) is 16.2. The molecule has 2 rings (SSSR count). The van der Waals surface area contributed by atoms with Crippen molar-refractivity contribution in [2.45, 2.75) is 39.3 Å². The van der Waals surface area contributed by atoms with Gasteiger partial charge in [-0.1, -0.05) is 0 Å². The van der Waals surface area contributed by atoms with Gasteiger partial charge in [0.1, 0.15) is 17.6 Å². The van der Waals surface area contributed by atoms with Crippen molar-refractivity contribution in [3.63, 3.8) is 0 Å². The monoisotopic (exact) mass is 292 g/mol. The maximum atomic E-state index is 11.2. The molecule has 0 fully saturated rings. The molecule has 1 unspecified atom stereocenters. The molecule has 0 spiro atoms. The summed E-state index contributed by atoms with van der Waals surface area (Å²) in [5.74, 6) is 1.90. The Morgan fingerprint density at radius 1 is 1.48 bits per heavy atom. The molecule has 1 aromatic rings. The summed E-state index contributed by atoms with van der Waals surface area (Å²) in [7, 11) is 1.65. The van der Waals surface area contributed by atoms with E-state index in [1.54, 1.807) is 7.05 Å². The molecule has 1 aromatic carbocycles. The summed E-state index contributed by atoms with van der Waals surface area (Å²) in [6, 6.07) is 4.13. The van der Waals surface area contributed by atoms with Crippen LogP contribution in [0.5, 0.6) is 11.5 Å². The highest BCUT2D eigenvalue weighted by Crippen LogP contribution is 2.35. The zero-order valence-electron chi connectivity index (χ0n) is 13.0. The Bertz CT molecular complexity index is 503. The second kappa shape index (κ2) is 7.31. The van der Waals surface area contributed by atoms with Gasteiger partial charge in [0.05, 0.1) is 6.61 Å². The predicted octanol–water partition coefficient (Wildman–Crippen LogP) is 1.63. The lowest BCUT2D eigenvalue weighted by molar-refractivity contribution is -0.120. The minimum absolute atomic E-state index is 0.0404. The number of ether oxygens (including phenoxy) is 2. The lowest BCUT2D eigenvalue weighted by Gasteiger charge is -2.13. The minimum atomic E-state index is 0.0404. The van der Waals surface area contributed by atoms with E-state index in [1.807, 2.05) is 6.92 Å². The minimum Gasteiger partial charge on any atom is -0.494 e. The summed E-state index contributed by atoms with van der Waals surface area (Å²) in [6.07, 6.45) is 1.63. The third kappa shape index (κ3) is 4.11. The molecule has 1 heterocycles. The Kier molecular flexibility index (Phi) is 5.44. The van der Waals surface area contributed by atoms with E-state index in [2.05, 4.69) is 29.7 Å². The first-order valence-electron chi connectivity index (χ1n) is 7.50. The lowest BCUT2D eigenvalue weighted by Crippen LogP contribution is -2.24. The van der Waals surface area contributed by atoms with Crippen molar-refractivity contribution in [2.24, 2.45) is 0 Å². The molecule has 1 aliphatic heterocycles. The second-order valence-corrected chi connectivity index (χ2v) is 5.23. The molecule has 0 aliphatic carbocycles. The van der Waals surface area contributed by atoms with Crippen molar-refractivity contribution in [1.29, 1.82) is 0 Å². The number of rotatable bonds is 7. The standard InChI is InChI=1S/C16H24N2O3/c1-4-20-14-8-12-7-11(2)21-15(12)9-13(14)10-18-6-5-16(19)17-3/h8-9,11,18H,4-7,10H2,1-3H3,(H,17,19). The number of hydrogen-bond donors (Lipinski definition) is 2. The number of nitrogens with one attached hydrogen (secondary N) is 2. The number of fused-ring (bicyclic) bond motifs is 1. The molecule has 0 saturated carbocycles. The van der Waals surface area contributed by atoms with Gasteiger partial charge < -0.3 is 20.1 Å². The zero-order chi connectivity index (χ0) is 15.2. The van der Waals surface area contributed by atoms with Crippen LogP contribution in [0.25, 0.3) is 0 Å². The van der Waals surface area contributed by atoms with Gasteiger partial charge in [-0.25, -0.2) is 0 Å². The van der Waals surface area contributed by atoms with E-state index in [9.17, 15) is 4.79 Å². The Labute approximate surface area is 126 Å². The van der Waals surface area contributed by atoms with Crippen LogP contribution in [-0.4, -0.2) is 32.2 Å². The van der Waals surface area contributed by atoms with Crippen LogP contribution < -0.4 is 20.1 Å². The van der Waals surface area contributed by atoms with Crippen LogP contribution in [0, 0.1) is 0 Å². The van der Waals surface area contributed by atoms with Crippen LogP contribution in [-0.2, 0) is 17.8 Å². The molecule has 5 nitrogen and oxygen atoms in total. The van der Waals surface area contributed by atoms with Crippen LogP contribution in [0.2, 0.25) is 0 Å². The van der Waals surface area contributed by atoms with E-state index in [1.165, 1.54) is 5.56 Å². The fraction of sp³-hybridized carbons (Fsp3) is 0.562. The van der Waals surface area contributed by atoms with Crippen molar-refractivity contribution in [1.82, 2.24) is 10.6 Å². The first kappa shape index (κ1) is 15.6. The summed E-state index contributed by atoms with van der Waals surface area (Å²) in [5.41, 5.74) is 2.28. The van der Waals surface area contributed by atoms with Crippen molar-refractivity contribution in [3.8, 4) is 11.5 Å². The van der Waals surface area contributed by atoms with Gasteiger partial charge in [-0.3, -0.25) is 4.79 Å². The van der Waals surface area contributed by atoms with Crippen molar-refractivity contribution >= 4 is 5.91 Å². The third-order valence-electron chi connectivity index (χ3n) is 3.50. The van der Waals surface area contributed by atoms with E-state index in [4.69, 9.17) is 9.47 Å². The van der Waals surface area contributed by atoms with Gasteiger partial charge in [0.25, 0.3) is 0 Å². The summed E-state index contributed by atoms with van der Waals surface area (Å²) < 4.78 is 11.5. The van der Waals surface area contributed by atoms with Gasteiger partial charge in [0.2, 0.25) is 5.91 Å². The summed E-state index contributed by atoms with van der Waals surface area (Å²) in [5, 5.41) is 5.88. The Hall–Kier alpha value is -1.75. The number of hydrogen-bond acceptors (Lipinski definition) is 4. The smallest absolute Gasteiger partial charge is 0.221 e. The fourth-order valence-electron chi connectivity index (χ4n) is 2.46. The quantitative estimate of drug-likeness (QED) is 0.750. The average molecular weight is 292 g/mol. The highest BCUT2D eigenvalue weighted by Gasteiger charge is 2.21. The molecule has 21 heavy (non-hydrogen) atoms. The van der Waals surface area contributed by atoms with Crippen molar-refractivity contribution in [3.05, 3.63) is 23.3 Å². The third-order valence-corrected chi connectivity index (χ3v) is 3.50. The van der Waals surface area contributed by atoms with Crippen molar-refractivity contribution in [2.75, 3.05) is 20.2 Å². The summed E-state index contributed by atoms with van der Waals surface area (Å²) in [4.78, 5) is 11.2. The lowest BCUT2D eigenvalue weighted by atomic mass is 10.1. The summed E-state index contributed by atoms with van der Waals surface area (Å²) in [6.45, 7) is 5.99. The molecule has 1 aliphatic rings. The molecule has 1 atom stereocenters. The summed E-state index contributed by atoms with van der Waals surface area (Å²) >= 11 is 0. The molecule has 0 bridgehead atoms. The molecule has 0 radical (unpaired) electrons. The Morgan fingerprint density at radius 2 is 2.29 bits per heavy atom. The van der Waals surface area contributed by atoms with Gasteiger partial charge in [0, 0.05) is 44.1 Å². The average Bonchev–Trinajstić information content (AvgIpc) is 2.82. The van der Waals surface area contributed by atoms with Gasteiger partial charge in [-0.05, 0) is 26.0 Å². The van der Waals surface area contributed by atoms with E-state index >= 15 is 0 Å². The van der Waals surface area contributed by atoms with Gasteiger partial charge in [-0.2, -0.15) is 0 Å². The van der Waals surface area contributed by atoms with Gasteiger partial charge >= 0.3 is 0 Å². The fourth-order valence-corrected chi connectivity index (χ4v) is 2.46. The SMILES string of the molecule is CCOc1cc2c(cc1CNCCC(=O)NC)OC(C)C2. The van der Waals surface area contributed by atoms with E-state index in [0.717, 1.165) is 23.5 Å². The largest absolute Gasteiger partial charge is 0.494 e. The van der Waals surface area contributed by atoms with E-state index < -0.39 is 0 Å². The molecule has 0 saturated heterocycles. The van der Waals surface area contributed by atoms with Crippen LogP contribution in [0.4, 0.5) is 0 Å². The van der Waals surface area contributed by atoms with Crippen LogP contribution >= 0.6 is 0 Å². The number of benzene rings is 1. The highest BCUT2D eigenvalue weighted by atomic mass is 16.5. The van der Waals surface area contributed by atoms with E-state index in [0.29, 0.717) is 26.1 Å². The van der Waals surface area contributed by atoms with Gasteiger partial charge in [0.15, 0.2) is 0 Å². The first-order valence-corrected chi connectivity index (χ1v) is 7.50. The highest BCUT2D eigenvalue weighted by molar-refractivity contribution is 5.75. The molecule has 2 N–H and O–H groups in total. The number of carbonyl (C=O) groups excluding carboxylic acids is 1. The zero-order valence-corrected chi connectivity index (χ0v) is 13.0. The molecule has 1 amide bonds. The molecule has 116 valence electrons. The molecule has 5 heteroatoms. The second-order valence-electron chi connectivity index (χ2n) is 5.23. The van der Waals surface area contributed by atoms with E-state index in [-0.39, 0.29) is 12.0 Å². The van der Waals surface area contributed by atoms with Crippen molar-refractivity contribution < 1.29 is 14.3 Å². The number of amides is 1. The number of carbonyl (C=O) groups is 1. The Balaban J connectivity index is 2.00.